The molecule has 0 heterocycles. The molecule has 0 aromatic rings. The van der Waals surface area contributed by atoms with Gasteiger partial charge in [-0.05, 0) is 12.3 Å². The van der Waals surface area contributed by atoms with Crippen LogP contribution in [-0.4, -0.2) is 29.2 Å². The van der Waals surface area contributed by atoms with Gasteiger partial charge in [0.15, 0.2) is 0 Å². The summed E-state index contributed by atoms with van der Waals surface area (Å²) >= 11 is 0. The molecular formula is C8H18Na2O5S. The number of hydrogen-bond donors (Lipinski definition) is 1. The molecular weight excluding hydrogens is 254 g/mol. The van der Waals surface area contributed by atoms with E-state index in [1.807, 2.05) is 0 Å². The van der Waals surface area contributed by atoms with Crippen molar-refractivity contribution >= 4 is 10.4 Å². The molecule has 8 heteroatoms. The fraction of sp³-hybridized carbons (Fsp3) is 1.00. The average molecular weight is 272 g/mol. The van der Waals surface area contributed by atoms with Gasteiger partial charge >= 0.3 is 59.1 Å². The fourth-order valence-corrected chi connectivity index (χ4v) is 0.917. The molecule has 0 aliphatic carbocycles. The molecule has 88 valence electrons. The minimum atomic E-state index is -5.17. The molecule has 0 aliphatic heterocycles. The van der Waals surface area contributed by atoms with E-state index >= 15 is 0 Å². The second kappa shape index (κ2) is 16.8. The summed E-state index contributed by atoms with van der Waals surface area (Å²) < 4.78 is 34.1. The Morgan fingerprint density at radius 2 is 1.56 bits per heavy atom. The van der Waals surface area contributed by atoms with Crippen LogP contribution in [0, 0.1) is 5.92 Å². The Labute approximate surface area is 143 Å². The van der Waals surface area contributed by atoms with E-state index in [2.05, 4.69) is 13.8 Å². The van der Waals surface area contributed by atoms with Crippen LogP contribution in [0.1, 0.15) is 39.5 Å². The van der Waals surface area contributed by atoms with Gasteiger partial charge in [-0.3, -0.25) is 8.42 Å². The Bertz CT molecular complexity index is 196. The molecule has 0 aromatic heterocycles. The molecule has 5 nitrogen and oxygen atoms in total. The van der Waals surface area contributed by atoms with Crippen molar-refractivity contribution in [2.45, 2.75) is 39.5 Å². The summed E-state index contributed by atoms with van der Waals surface area (Å²) in [6.45, 7) is 4.69. The van der Waals surface area contributed by atoms with E-state index in [-0.39, 0.29) is 59.1 Å². The van der Waals surface area contributed by atoms with E-state index in [0.29, 0.717) is 12.5 Å². The molecule has 0 aromatic carbocycles. The zero-order valence-corrected chi connectivity index (χ0v) is 15.4. The van der Waals surface area contributed by atoms with Crippen LogP contribution >= 0.6 is 0 Å². The average Bonchev–Trinajstić information content (AvgIpc) is 2.04. The molecule has 0 saturated carbocycles. The zero-order chi connectivity index (χ0) is 11.6. The van der Waals surface area contributed by atoms with Crippen LogP contribution in [0.4, 0.5) is 0 Å². The van der Waals surface area contributed by atoms with Gasteiger partial charge < -0.3 is 14.2 Å². The van der Waals surface area contributed by atoms with E-state index in [9.17, 15) is 0 Å². The smallest absolute Gasteiger partial charge is 0.759 e. The van der Waals surface area contributed by atoms with Gasteiger partial charge in [-0.15, -0.1) is 0 Å². The molecule has 0 amide bonds. The van der Waals surface area contributed by atoms with Crippen molar-refractivity contribution in [3.63, 3.8) is 0 Å². The van der Waals surface area contributed by atoms with Crippen LogP contribution in [-0.2, 0) is 10.4 Å². The Morgan fingerprint density at radius 3 is 1.75 bits per heavy atom. The molecule has 0 fully saturated rings. The van der Waals surface area contributed by atoms with Gasteiger partial charge in [0.1, 0.15) is 0 Å². The molecule has 1 atom stereocenters. The van der Waals surface area contributed by atoms with Gasteiger partial charge in [-0.2, -0.15) is 0 Å². The van der Waals surface area contributed by atoms with Crippen molar-refractivity contribution in [2.75, 3.05) is 6.61 Å². The summed E-state index contributed by atoms with van der Waals surface area (Å²) in [6.07, 6.45) is 4.83. The first-order chi connectivity index (χ1) is 6.35. The Kier molecular flexibility index (Phi) is 27.8. The van der Waals surface area contributed by atoms with Crippen molar-refractivity contribution < 1.29 is 81.7 Å². The molecule has 1 unspecified atom stereocenters. The number of hydrogen-bond acceptors (Lipinski definition) is 5. The summed E-state index contributed by atoms with van der Waals surface area (Å²) in [5, 5.41) is 8.75. The van der Waals surface area contributed by atoms with Gasteiger partial charge in [-0.1, -0.05) is 33.1 Å². The van der Waals surface area contributed by atoms with Crippen LogP contribution in [0.5, 0.6) is 0 Å². The van der Waals surface area contributed by atoms with Crippen LogP contribution < -0.4 is 59.1 Å². The standard InChI is InChI=1S/C8H18O.2Na.H2O4S/c1-3-5-6-8(4-2)7-9;;;1-5(2,3)4/h8-9H,3-7H2,1-2H3;;;(H2,1,2,3,4)/q;2*+1;/p-2. The zero-order valence-electron chi connectivity index (χ0n) is 10.6. The maximum absolute atomic E-state index is 8.75. The second-order valence-corrected chi connectivity index (χ2v) is 3.82. The summed E-state index contributed by atoms with van der Waals surface area (Å²) in [7, 11) is -5.17. The van der Waals surface area contributed by atoms with Crippen LogP contribution in [0.25, 0.3) is 0 Å². The maximum atomic E-state index is 8.75. The number of unbranched alkanes of at least 4 members (excludes halogenated alkanes) is 1. The Morgan fingerprint density at radius 1 is 1.19 bits per heavy atom. The first kappa shape index (κ1) is 26.4. The van der Waals surface area contributed by atoms with E-state index in [0.717, 1.165) is 6.42 Å². The summed E-state index contributed by atoms with van der Waals surface area (Å²) in [5.74, 6) is 0.560. The van der Waals surface area contributed by atoms with Crippen molar-refractivity contribution in [1.29, 1.82) is 0 Å². The second-order valence-electron chi connectivity index (χ2n) is 3.01. The molecule has 0 bridgehead atoms. The predicted octanol–water partition coefficient (Wildman–Crippen LogP) is -5.13. The minimum absolute atomic E-state index is 0. The van der Waals surface area contributed by atoms with E-state index < -0.39 is 10.4 Å². The maximum Gasteiger partial charge on any atom is 1.00 e. The van der Waals surface area contributed by atoms with E-state index in [1.54, 1.807) is 0 Å². The first-order valence-corrected chi connectivity index (χ1v) is 5.96. The Hall–Kier alpha value is 1.83. The molecule has 0 spiro atoms. The molecule has 0 rings (SSSR count). The van der Waals surface area contributed by atoms with Crippen LogP contribution in [0.2, 0.25) is 0 Å². The first-order valence-electron chi connectivity index (χ1n) is 4.62. The van der Waals surface area contributed by atoms with Crippen molar-refractivity contribution in [2.24, 2.45) is 5.92 Å². The quantitative estimate of drug-likeness (QED) is 0.306. The number of rotatable bonds is 5. The summed E-state index contributed by atoms with van der Waals surface area (Å²) in [6, 6.07) is 0. The molecule has 0 saturated heterocycles. The number of aliphatic hydroxyl groups excluding tert-OH is 1. The third kappa shape index (κ3) is 36.0. The van der Waals surface area contributed by atoms with Crippen molar-refractivity contribution in [1.82, 2.24) is 0 Å². The van der Waals surface area contributed by atoms with Gasteiger partial charge in [0.2, 0.25) is 0 Å². The van der Waals surface area contributed by atoms with Gasteiger partial charge in [-0.25, -0.2) is 0 Å². The topological polar surface area (TPSA) is 100 Å². The number of aliphatic hydroxyl groups is 1. The molecule has 0 radical (unpaired) electrons. The fourth-order valence-electron chi connectivity index (χ4n) is 0.917. The predicted molar refractivity (Wildman–Crippen MR) is 50.9 cm³/mol. The summed E-state index contributed by atoms with van der Waals surface area (Å²) in [4.78, 5) is 0. The summed E-state index contributed by atoms with van der Waals surface area (Å²) in [5.41, 5.74) is 0. The largest absolute Gasteiger partial charge is 1.00 e. The van der Waals surface area contributed by atoms with E-state index in [1.165, 1.54) is 19.3 Å². The molecule has 1 N–H and O–H groups in total. The minimum Gasteiger partial charge on any atom is -0.759 e. The Balaban J connectivity index is -0.0000000904. The molecule has 0 aliphatic rings. The van der Waals surface area contributed by atoms with Crippen molar-refractivity contribution in [3.05, 3.63) is 0 Å². The molecule has 16 heavy (non-hydrogen) atoms. The van der Waals surface area contributed by atoms with Gasteiger partial charge in [0, 0.05) is 17.0 Å². The monoisotopic (exact) mass is 272 g/mol. The third-order valence-electron chi connectivity index (χ3n) is 1.80. The van der Waals surface area contributed by atoms with Crippen LogP contribution in [0.3, 0.4) is 0 Å². The third-order valence-corrected chi connectivity index (χ3v) is 1.80. The van der Waals surface area contributed by atoms with Crippen LogP contribution in [0.15, 0.2) is 0 Å². The van der Waals surface area contributed by atoms with Gasteiger partial charge in [0.05, 0.1) is 0 Å². The normalized spacial score (nSPS) is 11.3. The SMILES string of the molecule is CCCCC(CC)CO.O=S(=O)([O-])[O-].[Na+].[Na+]. The van der Waals surface area contributed by atoms with Crippen molar-refractivity contribution in [3.8, 4) is 0 Å². The van der Waals surface area contributed by atoms with E-state index in [4.69, 9.17) is 22.6 Å². The van der Waals surface area contributed by atoms with Gasteiger partial charge in [0.25, 0.3) is 0 Å².